The van der Waals surface area contributed by atoms with Gasteiger partial charge in [0.15, 0.2) is 0 Å². The Kier molecular flexibility index (Phi) is 4.97. The van der Waals surface area contributed by atoms with Gasteiger partial charge in [0.1, 0.15) is 6.10 Å². The van der Waals surface area contributed by atoms with Gasteiger partial charge in [-0.1, -0.05) is 0 Å². The van der Waals surface area contributed by atoms with E-state index in [9.17, 15) is 15.3 Å². The van der Waals surface area contributed by atoms with Gasteiger partial charge in [-0.05, 0) is 20.3 Å². The standard InChI is InChI=1S/C9H20NO4/c1-8(13,3-4-10)6-9(2,14)7(12)5-11/h7,10-14H,3-6H2,1-2H3/q-1. The van der Waals surface area contributed by atoms with E-state index in [2.05, 4.69) is 0 Å². The highest BCUT2D eigenvalue weighted by molar-refractivity contribution is 4.90. The molecule has 0 aromatic rings. The smallest absolute Gasteiger partial charge is 0.105 e. The fourth-order valence-corrected chi connectivity index (χ4v) is 1.44. The van der Waals surface area contributed by atoms with Crippen molar-refractivity contribution in [2.24, 2.45) is 0 Å². The molecule has 3 unspecified atom stereocenters. The Morgan fingerprint density at radius 2 is 1.79 bits per heavy atom. The summed E-state index contributed by atoms with van der Waals surface area (Å²) >= 11 is 0. The monoisotopic (exact) mass is 206 g/mol. The van der Waals surface area contributed by atoms with Crippen molar-refractivity contribution >= 4 is 0 Å². The van der Waals surface area contributed by atoms with Crippen molar-refractivity contribution in [2.45, 2.75) is 44.0 Å². The summed E-state index contributed by atoms with van der Waals surface area (Å²) in [5.74, 6) is 0. The van der Waals surface area contributed by atoms with E-state index >= 15 is 0 Å². The molecule has 0 heterocycles. The highest BCUT2D eigenvalue weighted by Crippen LogP contribution is 2.26. The van der Waals surface area contributed by atoms with Crippen LogP contribution in [0.3, 0.4) is 0 Å². The zero-order valence-electron chi connectivity index (χ0n) is 8.69. The average Bonchev–Trinajstić information content (AvgIpc) is 2.00. The molecule has 0 aliphatic carbocycles. The molecule has 86 valence electrons. The molecule has 5 heteroatoms. The Labute approximate surface area is 84.2 Å². The van der Waals surface area contributed by atoms with E-state index in [1.165, 1.54) is 13.8 Å². The first-order valence-corrected chi connectivity index (χ1v) is 4.63. The lowest BCUT2D eigenvalue weighted by atomic mass is 9.84. The Morgan fingerprint density at radius 3 is 2.14 bits per heavy atom. The van der Waals surface area contributed by atoms with Gasteiger partial charge in [0.2, 0.25) is 0 Å². The van der Waals surface area contributed by atoms with Gasteiger partial charge in [-0.25, -0.2) is 0 Å². The second kappa shape index (κ2) is 5.04. The molecule has 0 aliphatic heterocycles. The first kappa shape index (κ1) is 13.8. The third-order valence-corrected chi connectivity index (χ3v) is 2.29. The maximum absolute atomic E-state index is 9.72. The largest absolute Gasteiger partial charge is 0.677 e. The molecule has 0 aromatic heterocycles. The quantitative estimate of drug-likeness (QED) is 0.477. The molecular weight excluding hydrogens is 186 g/mol. The average molecular weight is 206 g/mol. The van der Waals surface area contributed by atoms with Crippen molar-refractivity contribution in [1.82, 2.24) is 0 Å². The number of rotatable bonds is 6. The molecule has 14 heavy (non-hydrogen) atoms. The normalized spacial score (nSPS) is 22.5. The van der Waals surface area contributed by atoms with E-state index in [-0.39, 0.29) is 19.4 Å². The third kappa shape index (κ3) is 4.34. The van der Waals surface area contributed by atoms with Gasteiger partial charge in [0.05, 0.1) is 17.8 Å². The van der Waals surface area contributed by atoms with Gasteiger partial charge in [-0.15, -0.1) is 6.54 Å². The van der Waals surface area contributed by atoms with Crippen LogP contribution in [0.15, 0.2) is 0 Å². The van der Waals surface area contributed by atoms with E-state index < -0.39 is 23.9 Å². The molecule has 0 radical (unpaired) electrons. The Morgan fingerprint density at radius 1 is 1.29 bits per heavy atom. The summed E-state index contributed by atoms with van der Waals surface area (Å²) < 4.78 is 0. The minimum atomic E-state index is -1.53. The third-order valence-electron chi connectivity index (χ3n) is 2.29. The second-order valence-electron chi connectivity index (χ2n) is 4.23. The fourth-order valence-electron chi connectivity index (χ4n) is 1.44. The zero-order valence-corrected chi connectivity index (χ0v) is 8.69. The van der Waals surface area contributed by atoms with E-state index in [4.69, 9.17) is 10.8 Å². The van der Waals surface area contributed by atoms with E-state index in [1.807, 2.05) is 0 Å². The lowest BCUT2D eigenvalue weighted by Crippen LogP contribution is -2.47. The first-order valence-electron chi connectivity index (χ1n) is 4.63. The van der Waals surface area contributed by atoms with E-state index in [0.717, 1.165) is 0 Å². The number of nitrogens with one attached hydrogen (secondary N) is 1. The van der Waals surface area contributed by atoms with Crippen molar-refractivity contribution in [3.8, 4) is 0 Å². The summed E-state index contributed by atoms with van der Waals surface area (Å²) in [5.41, 5.74) is 4.24. The number of aliphatic hydroxyl groups is 4. The highest BCUT2D eigenvalue weighted by atomic mass is 16.4. The molecule has 0 aliphatic rings. The van der Waals surface area contributed by atoms with Crippen LogP contribution in [-0.4, -0.2) is 50.9 Å². The summed E-state index contributed by atoms with van der Waals surface area (Å²) in [6.07, 6.45) is -1.12. The molecule has 0 saturated carbocycles. The molecular formula is C9H20NO4-. The lowest BCUT2D eigenvalue weighted by Gasteiger charge is -2.35. The van der Waals surface area contributed by atoms with Gasteiger partial charge < -0.3 is 26.2 Å². The van der Waals surface area contributed by atoms with Crippen LogP contribution in [0, 0.1) is 0 Å². The summed E-state index contributed by atoms with van der Waals surface area (Å²) in [4.78, 5) is 0. The molecule has 5 N–H and O–H groups in total. The molecule has 3 atom stereocenters. The fraction of sp³-hybridized carbons (Fsp3) is 1.00. The molecule has 0 fully saturated rings. The van der Waals surface area contributed by atoms with Crippen LogP contribution in [0.4, 0.5) is 0 Å². The zero-order chi connectivity index (χ0) is 11.4. The SMILES string of the molecule is CC(O)(CC[NH-])CC(C)(O)C(O)CO. The molecule has 0 rings (SSSR count). The minimum absolute atomic E-state index is 0.0539. The van der Waals surface area contributed by atoms with Gasteiger partial charge >= 0.3 is 0 Å². The second-order valence-corrected chi connectivity index (χ2v) is 4.23. The van der Waals surface area contributed by atoms with Crippen LogP contribution in [0.5, 0.6) is 0 Å². The lowest BCUT2D eigenvalue weighted by molar-refractivity contribution is -0.124. The Balaban J connectivity index is 4.33. The van der Waals surface area contributed by atoms with Gasteiger partial charge in [0, 0.05) is 6.42 Å². The van der Waals surface area contributed by atoms with Crippen LogP contribution in [0.1, 0.15) is 26.7 Å². The summed E-state index contributed by atoms with van der Waals surface area (Å²) in [5, 5.41) is 37.4. The van der Waals surface area contributed by atoms with E-state index in [1.54, 1.807) is 0 Å². The highest BCUT2D eigenvalue weighted by Gasteiger charge is 2.36. The Bertz CT molecular complexity index is 170. The molecule has 0 bridgehead atoms. The molecule has 5 nitrogen and oxygen atoms in total. The topological polar surface area (TPSA) is 105 Å². The van der Waals surface area contributed by atoms with Crippen LogP contribution < -0.4 is 0 Å². The summed E-state index contributed by atoms with van der Waals surface area (Å²) in [7, 11) is 0. The number of hydrogen-bond acceptors (Lipinski definition) is 4. The predicted molar refractivity (Wildman–Crippen MR) is 52.8 cm³/mol. The maximum Gasteiger partial charge on any atom is 0.105 e. The number of aliphatic hydroxyl groups excluding tert-OH is 2. The number of hydrogen-bond donors (Lipinski definition) is 4. The molecule has 0 spiro atoms. The van der Waals surface area contributed by atoms with Crippen molar-refractivity contribution < 1.29 is 20.4 Å². The first-order chi connectivity index (χ1) is 6.25. The van der Waals surface area contributed by atoms with Crippen molar-refractivity contribution in [1.29, 1.82) is 0 Å². The van der Waals surface area contributed by atoms with Gasteiger partial charge in [-0.2, -0.15) is 0 Å². The Hall–Kier alpha value is -0.200. The maximum atomic E-state index is 9.72. The van der Waals surface area contributed by atoms with Crippen LogP contribution in [-0.2, 0) is 0 Å². The van der Waals surface area contributed by atoms with E-state index in [0.29, 0.717) is 0 Å². The van der Waals surface area contributed by atoms with Crippen LogP contribution in [0.25, 0.3) is 5.73 Å². The van der Waals surface area contributed by atoms with Crippen molar-refractivity contribution in [3.63, 3.8) is 0 Å². The van der Waals surface area contributed by atoms with Crippen molar-refractivity contribution in [2.75, 3.05) is 13.2 Å². The minimum Gasteiger partial charge on any atom is -0.677 e. The predicted octanol–water partition coefficient (Wildman–Crippen LogP) is -0.326. The molecule has 0 saturated heterocycles. The summed E-state index contributed by atoms with van der Waals surface area (Å²) in [6, 6.07) is 0. The van der Waals surface area contributed by atoms with Gasteiger partial charge in [-0.3, -0.25) is 0 Å². The molecule has 0 aromatic carbocycles. The van der Waals surface area contributed by atoms with Gasteiger partial charge in [0.25, 0.3) is 0 Å². The van der Waals surface area contributed by atoms with Crippen LogP contribution in [0.2, 0.25) is 0 Å². The molecule has 0 amide bonds. The van der Waals surface area contributed by atoms with Crippen molar-refractivity contribution in [3.05, 3.63) is 5.73 Å². The van der Waals surface area contributed by atoms with Crippen LogP contribution >= 0.6 is 0 Å². The summed E-state index contributed by atoms with van der Waals surface area (Å²) in [6.45, 7) is 2.36.